The second-order valence-electron chi connectivity index (χ2n) is 7.60. The highest BCUT2D eigenvalue weighted by Crippen LogP contribution is 2.32. The van der Waals surface area contributed by atoms with Gasteiger partial charge in [0.05, 0.1) is 0 Å². The Balaban J connectivity index is 2.67. The van der Waals surface area contributed by atoms with E-state index in [9.17, 15) is 0 Å². The maximum atomic E-state index is 5.61. The first-order chi connectivity index (χ1) is 9.32. The maximum absolute atomic E-state index is 5.61. The Hall–Kier alpha value is -0.120. The molecule has 0 amide bonds. The van der Waals surface area contributed by atoms with Crippen molar-refractivity contribution < 1.29 is 4.74 Å². The zero-order valence-corrected chi connectivity index (χ0v) is 14.6. The summed E-state index contributed by atoms with van der Waals surface area (Å²) in [6, 6.07) is 0.712. The molecule has 0 aliphatic carbocycles. The van der Waals surface area contributed by atoms with Gasteiger partial charge in [0.15, 0.2) is 0 Å². The van der Waals surface area contributed by atoms with Gasteiger partial charge in [-0.15, -0.1) is 0 Å². The summed E-state index contributed by atoms with van der Waals surface area (Å²) in [6.45, 7) is 15.5. The van der Waals surface area contributed by atoms with Crippen LogP contribution in [0, 0.1) is 5.41 Å². The van der Waals surface area contributed by atoms with Crippen molar-refractivity contribution in [3.05, 3.63) is 0 Å². The minimum Gasteiger partial charge on any atom is -0.381 e. The van der Waals surface area contributed by atoms with Gasteiger partial charge in [-0.3, -0.25) is 0 Å². The topological polar surface area (TPSA) is 24.5 Å². The van der Waals surface area contributed by atoms with Gasteiger partial charge in [-0.25, -0.2) is 0 Å². The third-order valence-electron chi connectivity index (χ3n) is 4.70. The molecule has 3 nitrogen and oxygen atoms in total. The minimum atomic E-state index is 0.193. The summed E-state index contributed by atoms with van der Waals surface area (Å²) in [5.41, 5.74) is 0.571. The van der Waals surface area contributed by atoms with Crippen LogP contribution in [0.25, 0.3) is 0 Å². The molecule has 0 aromatic rings. The van der Waals surface area contributed by atoms with Crippen molar-refractivity contribution in [1.82, 2.24) is 10.2 Å². The summed E-state index contributed by atoms with van der Waals surface area (Å²) < 4.78 is 5.61. The first kappa shape index (κ1) is 17.9. The highest BCUT2D eigenvalue weighted by Gasteiger charge is 2.35. The number of nitrogens with one attached hydrogen (secondary N) is 1. The lowest BCUT2D eigenvalue weighted by Gasteiger charge is -2.43. The van der Waals surface area contributed by atoms with Crippen LogP contribution in [0.15, 0.2) is 0 Å². The maximum Gasteiger partial charge on any atom is 0.0472 e. The van der Waals surface area contributed by atoms with Crippen molar-refractivity contribution in [2.45, 2.75) is 71.9 Å². The lowest BCUT2D eigenvalue weighted by atomic mass is 9.78. The van der Waals surface area contributed by atoms with Crippen LogP contribution in [0.5, 0.6) is 0 Å². The summed E-state index contributed by atoms with van der Waals surface area (Å²) in [5, 5.41) is 3.73. The molecule has 1 N–H and O–H groups in total. The standard InChI is InChI=1S/C17H36N2O/c1-7-15(8-2)19(6)14-17(9-11-20-12-10-17)13-18-16(3,4)5/h15,18H,7-14H2,1-6H3. The van der Waals surface area contributed by atoms with Crippen LogP contribution in [0.1, 0.15) is 60.3 Å². The SMILES string of the molecule is CCC(CC)N(C)CC1(CNC(C)(C)C)CCOCC1. The van der Waals surface area contributed by atoms with Crippen LogP contribution in [-0.2, 0) is 4.74 Å². The van der Waals surface area contributed by atoms with Crippen LogP contribution in [-0.4, -0.2) is 49.8 Å². The molecule has 0 bridgehead atoms. The monoisotopic (exact) mass is 284 g/mol. The van der Waals surface area contributed by atoms with Gasteiger partial charge in [-0.2, -0.15) is 0 Å². The number of hydrogen-bond donors (Lipinski definition) is 1. The highest BCUT2D eigenvalue weighted by atomic mass is 16.5. The molecule has 0 radical (unpaired) electrons. The smallest absolute Gasteiger partial charge is 0.0472 e. The van der Waals surface area contributed by atoms with Crippen LogP contribution in [0.4, 0.5) is 0 Å². The number of hydrogen-bond acceptors (Lipinski definition) is 3. The molecule has 1 aliphatic rings. The highest BCUT2D eigenvalue weighted by molar-refractivity contribution is 4.90. The Bertz CT molecular complexity index is 263. The average molecular weight is 284 g/mol. The second kappa shape index (κ2) is 7.77. The molecule has 1 fully saturated rings. The molecule has 3 heteroatoms. The fourth-order valence-electron chi connectivity index (χ4n) is 3.22. The van der Waals surface area contributed by atoms with E-state index in [4.69, 9.17) is 4.74 Å². The predicted octanol–water partition coefficient (Wildman–Crippen LogP) is 3.29. The third kappa shape index (κ3) is 5.71. The van der Waals surface area contributed by atoms with Crippen molar-refractivity contribution >= 4 is 0 Å². The molecule has 20 heavy (non-hydrogen) atoms. The fourth-order valence-corrected chi connectivity index (χ4v) is 3.22. The molecule has 0 spiro atoms. The van der Waals surface area contributed by atoms with Crippen LogP contribution >= 0.6 is 0 Å². The van der Waals surface area contributed by atoms with Crippen LogP contribution < -0.4 is 5.32 Å². The lowest BCUT2D eigenvalue weighted by Crippen LogP contribution is -2.51. The molecule has 0 saturated carbocycles. The largest absolute Gasteiger partial charge is 0.381 e. The molecular weight excluding hydrogens is 248 g/mol. The van der Waals surface area contributed by atoms with Crippen molar-refractivity contribution in [3.63, 3.8) is 0 Å². The van der Waals surface area contributed by atoms with Gasteiger partial charge in [0.25, 0.3) is 0 Å². The first-order valence-corrected chi connectivity index (χ1v) is 8.35. The predicted molar refractivity (Wildman–Crippen MR) is 87.2 cm³/mol. The van der Waals surface area contributed by atoms with Crippen LogP contribution in [0.2, 0.25) is 0 Å². The zero-order chi connectivity index (χ0) is 15.2. The normalized spacial score (nSPS) is 19.8. The molecule has 1 rings (SSSR count). The summed E-state index contributed by atoms with van der Waals surface area (Å²) in [5.74, 6) is 0. The first-order valence-electron chi connectivity index (χ1n) is 8.35. The Labute approximate surface area is 126 Å². The number of ether oxygens (including phenoxy) is 1. The van der Waals surface area contributed by atoms with E-state index in [2.05, 4.69) is 51.9 Å². The van der Waals surface area contributed by atoms with E-state index in [1.165, 1.54) is 32.2 Å². The van der Waals surface area contributed by atoms with E-state index in [0.29, 0.717) is 11.5 Å². The van der Waals surface area contributed by atoms with E-state index >= 15 is 0 Å². The average Bonchev–Trinajstić information content (AvgIpc) is 2.38. The molecular formula is C17H36N2O. The fraction of sp³-hybridized carbons (Fsp3) is 1.00. The Morgan fingerprint density at radius 2 is 1.70 bits per heavy atom. The van der Waals surface area contributed by atoms with Crippen molar-refractivity contribution in [2.75, 3.05) is 33.4 Å². The van der Waals surface area contributed by atoms with E-state index in [-0.39, 0.29) is 5.54 Å². The molecule has 0 unspecified atom stereocenters. The minimum absolute atomic E-state index is 0.193. The van der Waals surface area contributed by atoms with E-state index in [0.717, 1.165) is 19.8 Å². The van der Waals surface area contributed by atoms with Gasteiger partial charge < -0.3 is 15.0 Å². The van der Waals surface area contributed by atoms with Crippen molar-refractivity contribution in [3.8, 4) is 0 Å². The number of rotatable bonds is 7. The molecule has 0 aromatic heterocycles. The molecule has 0 aromatic carbocycles. The zero-order valence-electron chi connectivity index (χ0n) is 14.6. The van der Waals surface area contributed by atoms with Gasteiger partial charge in [-0.1, -0.05) is 13.8 Å². The van der Waals surface area contributed by atoms with E-state index in [1.54, 1.807) is 0 Å². The molecule has 1 heterocycles. The van der Waals surface area contributed by atoms with Gasteiger partial charge in [-0.05, 0) is 58.9 Å². The van der Waals surface area contributed by atoms with E-state index < -0.39 is 0 Å². The van der Waals surface area contributed by atoms with Gasteiger partial charge in [0.2, 0.25) is 0 Å². The Morgan fingerprint density at radius 3 is 2.15 bits per heavy atom. The Morgan fingerprint density at radius 1 is 1.15 bits per heavy atom. The summed E-state index contributed by atoms with van der Waals surface area (Å²) >= 11 is 0. The summed E-state index contributed by atoms with van der Waals surface area (Å²) in [7, 11) is 2.30. The molecule has 0 atom stereocenters. The van der Waals surface area contributed by atoms with Gasteiger partial charge in [0.1, 0.15) is 0 Å². The quantitative estimate of drug-likeness (QED) is 0.776. The van der Waals surface area contributed by atoms with E-state index in [1.807, 2.05) is 0 Å². The lowest BCUT2D eigenvalue weighted by molar-refractivity contribution is -0.00989. The molecule has 1 aliphatic heterocycles. The summed E-state index contributed by atoms with van der Waals surface area (Å²) in [6.07, 6.45) is 4.85. The van der Waals surface area contributed by atoms with Crippen LogP contribution in [0.3, 0.4) is 0 Å². The molecule has 120 valence electrons. The second-order valence-corrected chi connectivity index (χ2v) is 7.60. The number of nitrogens with zero attached hydrogens (tertiary/aromatic N) is 1. The summed E-state index contributed by atoms with van der Waals surface area (Å²) in [4.78, 5) is 2.58. The third-order valence-corrected chi connectivity index (χ3v) is 4.70. The Kier molecular flexibility index (Phi) is 6.96. The molecule has 1 saturated heterocycles. The van der Waals surface area contributed by atoms with Crippen molar-refractivity contribution in [2.24, 2.45) is 5.41 Å². The van der Waals surface area contributed by atoms with Gasteiger partial charge in [0, 0.05) is 37.9 Å². The van der Waals surface area contributed by atoms with Crippen molar-refractivity contribution in [1.29, 1.82) is 0 Å². The van der Waals surface area contributed by atoms with Gasteiger partial charge >= 0.3 is 0 Å².